The number of nitrogens with zero attached hydrogens (tertiary/aromatic N) is 3. The van der Waals surface area contributed by atoms with Gasteiger partial charge in [-0.3, -0.25) is 0 Å². The maximum absolute atomic E-state index is 13.1. The number of hydrogen-bond donors (Lipinski definition) is 1. The first-order valence-electron chi connectivity index (χ1n) is 9.25. The van der Waals surface area contributed by atoms with Crippen LogP contribution in [0.5, 0.6) is 0 Å². The van der Waals surface area contributed by atoms with E-state index in [4.69, 9.17) is 4.52 Å². The van der Waals surface area contributed by atoms with Crippen LogP contribution in [-0.4, -0.2) is 27.6 Å². The Morgan fingerprint density at radius 2 is 2.00 bits per heavy atom. The highest BCUT2D eigenvalue weighted by Gasteiger charge is 2.34. The van der Waals surface area contributed by atoms with Crippen molar-refractivity contribution in [3.05, 3.63) is 65.3 Å². The quantitative estimate of drug-likeness (QED) is 0.704. The van der Waals surface area contributed by atoms with Crippen molar-refractivity contribution in [1.29, 1.82) is 0 Å². The van der Waals surface area contributed by atoms with Crippen molar-refractivity contribution in [1.82, 2.24) is 15.0 Å². The van der Waals surface area contributed by atoms with Gasteiger partial charge < -0.3 is 14.7 Å². The number of benzene rings is 2. The van der Waals surface area contributed by atoms with Gasteiger partial charge in [0, 0.05) is 17.8 Å². The minimum absolute atomic E-state index is 0.184. The molecule has 0 spiro atoms. The molecule has 6 nitrogen and oxygen atoms in total. The van der Waals surface area contributed by atoms with Gasteiger partial charge in [-0.25, -0.2) is 9.18 Å². The van der Waals surface area contributed by atoms with Crippen molar-refractivity contribution in [3.8, 4) is 11.4 Å². The summed E-state index contributed by atoms with van der Waals surface area (Å²) in [5.41, 5.74) is 3.62. The SMILES string of the molecule is Cc1ccc(NC(=O)N2CCC[C@H]2c2nc(-c3ccc(F)cc3)no2)c(C)c1. The van der Waals surface area contributed by atoms with Crippen molar-refractivity contribution in [2.75, 3.05) is 11.9 Å². The number of carbonyl (C=O) groups is 1. The Morgan fingerprint density at radius 3 is 2.75 bits per heavy atom. The van der Waals surface area contributed by atoms with E-state index in [-0.39, 0.29) is 17.9 Å². The third-order valence-corrected chi connectivity index (χ3v) is 4.97. The first-order chi connectivity index (χ1) is 13.5. The molecule has 1 atom stereocenters. The van der Waals surface area contributed by atoms with Crippen LogP contribution < -0.4 is 5.32 Å². The van der Waals surface area contributed by atoms with Crippen LogP contribution in [0, 0.1) is 19.7 Å². The highest BCUT2D eigenvalue weighted by molar-refractivity contribution is 5.90. The zero-order valence-corrected chi connectivity index (χ0v) is 15.8. The number of amides is 2. The molecule has 1 saturated heterocycles. The Labute approximate surface area is 162 Å². The summed E-state index contributed by atoms with van der Waals surface area (Å²) in [5.74, 6) is 0.460. The van der Waals surface area contributed by atoms with Gasteiger partial charge in [0.05, 0.1) is 0 Å². The number of aryl methyl sites for hydroxylation is 2. The number of aromatic nitrogens is 2. The lowest BCUT2D eigenvalue weighted by molar-refractivity contribution is 0.193. The van der Waals surface area contributed by atoms with E-state index >= 15 is 0 Å². The second-order valence-corrected chi connectivity index (χ2v) is 7.06. The maximum Gasteiger partial charge on any atom is 0.322 e. The zero-order chi connectivity index (χ0) is 19.7. The van der Waals surface area contributed by atoms with Crippen LogP contribution in [0.4, 0.5) is 14.9 Å². The monoisotopic (exact) mass is 380 g/mol. The molecule has 0 radical (unpaired) electrons. The van der Waals surface area contributed by atoms with Gasteiger partial charge in [-0.1, -0.05) is 22.9 Å². The van der Waals surface area contributed by atoms with E-state index < -0.39 is 0 Å². The lowest BCUT2D eigenvalue weighted by Crippen LogP contribution is -2.34. The van der Waals surface area contributed by atoms with Gasteiger partial charge in [0.15, 0.2) is 0 Å². The van der Waals surface area contributed by atoms with Gasteiger partial charge in [-0.05, 0) is 62.6 Å². The van der Waals surface area contributed by atoms with Crippen LogP contribution in [0.15, 0.2) is 47.0 Å². The van der Waals surface area contributed by atoms with E-state index in [1.807, 2.05) is 32.0 Å². The Hall–Kier alpha value is -3.22. The number of urea groups is 1. The molecule has 144 valence electrons. The molecule has 28 heavy (non-hydrogen) atoms. The molecule has 4 rings (SSSR count). The van der Waals surface area contributed by atoms with E-state index in [9.17, 15) is 9.18 Å². The van der Waals surface area contributed by atoms with Crippen LogP contribution in [0.3, 0.4) is 0 Å². The average Bonchev–Trinajstić information content (AvgIpc) is 3.33. The topological polar surface area (TPSA) is 71.3 Å². The molecule has 0 aliphatic carbocycles. The van der Waals surface area contributed by atoms with E-state index in [1.165, 1.54) is 12.1 Å². The molecule has 0 saturated carbocycles. The highest BCUT2D eigenvalue weighted by Crippen LogP contribution is 2.32. The summed E-state index contributed by atoms with van der Waals surface area (Å²) in [4.78, 5) is 19.0. The second kappa shape index (κ2) is 7.42. The molecule has 1 fully saturated rings. The molecule has 1 aliphatic heterocycles. The predicted octanol–water partition coefficient (Wildman–Crippen LogP) is 4.86. The number of rotatable bonds is 3. The molecule has 1 N–H and O–H groups in total. The van der Waals surface area contributed by atoms with Gasteiger partial charge in [0.25, 0.3) is 0 Å². The van der Waals surface area contributed by atoms with Crippen molar-refractivity contribution in [2.24, 2.45) is 0 Å². The fraction of sp³-hybridized carbons (Fsp3) is 0.286. The molecular formula is C21H21FN4O2. The van der Waals surface area contributed by atoms with Gasteiger partial charge in [-0.15, -0.1) is 0 Å². The normalized spacial score (nSPS) is 16.4. The van der Waals surface area contributed by atoms with Gasteiger partial charge >= 0.3 is 6.03 Å². The number of anilines is 1. The van der Waals surface area contributed by atoms with Crippen LogP contribution in [0.25, 0.3) is 11.4 Å². The summed E-state index contributed by atoms with van der Waals surface area (Å²) in [5, 5.41) is 6.97. The lowest BCUT2D eigenvalue weighted by Gasteiger charge is -2.22. The third-order valence-electron chi connectivity index (χ3n) is 4.97. The number of carbonyl (C=O) groups excluding carboxylic acids is 1. The third kappa shape index (κ3) is 3.60. The van der Waals surface area contributed by atoms with E-state index in [1.54, 1.807) is 17.0 Å². The highest BCUT2D eigenvalue weighted by atomic mass is 19.1. The summed E-state index contributed by atoms with van der Waals surface area (Å²) in [6.07, 6.45) is 1.62. The Morgan fingerprint density at radius 1 is 1.21 bits per heavy atom. The minimum Gasteiger partial charge on any atom is -0.337 e. The largest absolute Gasteiger partial charge is 0.337 e. The first kappa shape index (κ1) is 18.2. The fourth-order valence-electron chi connectivity index (χ4n) is 3.49. The Bertz CT molecular complexity index is 1000. The first-order valence-corrected chi connectivity index (χ1v) is 9.25. The molecule has 2 heterocycles. The number of hydrogen-bond acceptors (Lipinski definition) is 4. The Balaban J connectivity index is 1.52. The van der Waals surface area contributed by atoms with Gasteiger partial charge in [0.1, 0.15) is 11.9 Å². The van der Waals surface area contributed by atoms with Gasteiger partial charge in [0.2, 0.25) is 11.7 Å². The zero-order valence-electron chi connectivity index (χ0n) is 15.8. The lowest BCUT2D eigenvalue weighted by atomic mass is 10.1. The Kier molecular flexibility index (Phi) is 4.81. The summed E-state index contributed by atoms with van der Waals surface area (Å²) in [6, 6.07) is 11.4. The van der Waals surface area contributed by atoms with Crippen molar-refractivity contribution >= 4 is 11.7 Å². The van der Waals surface area contributed by atoms with Crippen LogP contribution in [0.1, 0.15) is 35.9 Å². The molecule has 2 aromatic carbocycles. The molecule has 1 aliphatic rings. The maximum atomic E-state index is 13.1. The van der Waals surface area contributed by atoms with E-state index in [0.717, 1.165) is 29.7 Å². The van der Waals surface area contributed by atoms with E-state index in [2.05, 4.69) is 15.5 Å². The molecule has 1 aromatic heterocycles. The second-order valence-electron chi connectivity index (χ2n) is 7.06. The van der Waals surface area contributed by atoms with Crippen LogP contribution in [-0.2, 0) is 0 Å². The van der Waals surface area contributed by atoms with Crippen molar-refractivity contribution < 1.29 is 13.7 Å². The smallest absolute Gasteiger partial charge is 0.322 e. The fourth-order valence-corrected chi connectivity index (χ4v) is 3.49. The van der Waals surface area contributed by atoms with Gasteiger partial charge in [-0.2, -0.15) is 4.98 Å². The van der Waals surface area contributed by atoms with Crippen LogP contribution >= 0.6 is 0 Å². The molecule has 0 bridgehead atoms. The summed E-state index contributed by atoms with van der Waals surface area (Å²) < 4.78 is 18.5. The van der Waals surface area contributed by atoms with Crippen molar-refractivity contribution in [3.63, 3.8) is 0 Å². The number of likely N-dealkylation sites (tertiary alicyclic amines) is 1. The average molecular weight is 380 g/mol. The summed E-state index contributed by atoms with van der Waals surface area (Å²) >= 11 is 0. The minimum atomic E-state index is -0.322. The molecule has 2 amide bonds. The summed E-state index contributed by atoms with van der Waals surface area (Å²) in [7, 11) is 0. The molecular weight excluding hydrogens is 359 g/mol. The van der Waals surface area contributed by atoms with Crippen molar-refractivity contribution in [2.45, 2.75) is 32.7 Å². The molecule has 3 aromatic rings. The van der Waals surface area contributed by atoms with E-state index in [0.29, 0.717) is 23.8 Å². The molecule has 0 unspecified atom stereocenters. The van der Waals surface area contributed by atoms with Crippen LogP contribution in [0.2, 0.25) is 0 Å². The standard InChI is InChI=1S/C21H21FN4O2/c1-13-5-10-17(14(2)12-13)23-21(27)26-11-3-4-18(26)20-24-19(25-28-20)15-6-8-16(22)9-7-15/h5-10,12,18H,3-4,11H2,1-2H3,(H,23,27)/t18-/m0/s1. The number of halogens is 1. The summed E-state index contributed by atoms with van der Waals surface area (Å²) in [6.45, 7) is 4.61. The number of nitrogens with one attached hydrogen (secondary N) is 1. The predicted molar refractivity (Wildman–Crippen MR) is 103 cm³/mol. The molecule has 7 heteroatoms.